The van der Waals surface area contributed by atoms with Crippen LogP contribution < -0.4 is 0 Å². The highest BCUT2D eigenvalue weighted by atomic mass is 32.1. The third kappa shape index (κ3) is 4.07. The van der Waals surface area contributed by atoms with Gasteiger partial charge in [0.1, 0.15) is 5.82 Å². The number of pyridine rings is 1. The third-order valence-electron chi connectivity index (χ3n) is 4.77. The van der Waals surface area contributed by atoms with Gasteiger partial charge in [0, 0.05) is 66.0 Å². The molecule has 0 radical (unpaired) electrons. The highest BCUT2D eigenvalue weighted by Gasteiger charge is 2.22. The molecule has 1 aromatic carbocycles. The minimum Gasteiger partial charge on any atom is -0.336 e. The van der Waals surface area contributed by atoms with Crippen molar-refractivity contribution in [3.8, 4) is 10.4 Å². The first-order valence-electron chi connectivity index (χ1n) is 8.96. The maximum Gasteiger partial charge on any atom is 0.254 e. The van der Waals surface area contributed by atoms with Gasteiger partial charge in [-0.05, 0) is 30.3 Å². The first kappa shape index (κ1) is 17.8. The molecule has 0 unspecified atom stereocenters. The van der Waals surface area contributed by atoms with Crippen LogP contribution >= 0.6 is 11.3 Å². The van der Waals surface area contributed by atoms with Crippen LogP contribution in [-0.4, -0.2) is 46.9 Å². The molecule has 1 fully saturated rings. The first-order valence-corrected chi connectivity index (χ1v) is 9.77. The topological polar surface area (TPSA) is 36.4 Å². The Hall–Kier alpha value is -2.57. The average molecular weight is 381 g/mol. The zero-order valence-electron chi connectivity index (χ0n) is 14.8. The molecule has 3 aromatic rings. The van der Waals surface area contributed by atoms with Gasteiger partial charge < -0.3 is 4.90 Å². The van der Waals surface area contributed by atoms with E-state index in [1.54, 1.807) is 41.9 Å². The molecule has 1 amide bonds. The number of benzene rings is 1. The van der Waals surface area contributed by atoms with Crippen molar-refractivity contribution >= 4 is 17.2 Å². The first-order chi connectivity index (χ1) is 13.2. The molecule has 3 heterocycles. The second-order valence-electron chi connectivity index (χ2n) is 6.55. The summed E-state index contributed by atoms with van der Waals surface area (Å²) in [5.41, 5.74) is 1.34. The van der Waals surface area contributed by atoms with E-state index >= 15 is 0 Å². The lowest BCUT2D eigenvalue weighted by Crippen LogP contribution is -2.48. The minimum absolute atomic E-state index is 0.0648. The van der Waals surface area contributed by atoms with Gasteiger partial charge in [0.15, 0.2) is 0 Å². The molecule has 0 aliphatic carbocycles. The lowest BCUT2D eigenvalue weighted by atomic mass is 10.2. The summed E-state index contributed by atoms with van der Waals surface area (Å²) in [5.74, 6) is -0.121. The van der Waals surface area contributed by atoms with Crippen LogP contribution in [0.2, 0.25) is 0 Å². The summed E-state index contributed by atoms with van der Waals surface area (Å²) in [6, 6.07) is 14.4. The van der Waals surface area contributed by atoms with Crippen LogP contribution in [0.3, 0.4) is 0 Å². The quantitative estimate of drug-likeness (QED) is 0.688. The minimum atomic E-state index is -0.186. The van der Waals surface area contributed by atoms with Gasteiger partial charge in [-0.25, -0.2) is 4.39 Å². The van der Waals surface area contributed by atoms with Gasteiger partial charge in [-0.1, -0.05) is 18.2 Å². The molecule has 4 nitrogen and oxygen atoms in total. The van der Waals surface area contributed by atoms with Gasteiger partial charge in [-0.15, -0.1) is 11.3 Å². The van der Waals surface area contributed by atoms with Crippen molar-refractivity contribution in [2.45, 2.75) is 6.54 Å². The summed E-state index contributed by atoms with van der Waals surface area (Å²) in [6.07, 6.45) is 3.29. The van der Waals surface area contributed by atoms with Gasteiger partial charge in [0.25, 0.3) is 5.91 Å². The molecule has 27 heavy (non-hydrogen) atoms. The van der Waals surface area contributed by atoms with E-state index in [0.29, 0.717) is 24.2 Å². The normalized spacial score (nSPS) is 15.1. The van der Waals surface area contributed by atoms with Crippen LogP contribution in [0.25, 0.3) is 10.4 Å². The van der Waals surface area contributed by atoms with Crippen molar-refractivity contribution in [3.63, 3.8) is 0 Å². The number of piperazine rings is 1. The lowest BCUT2D eigenvalue weighted by Gasteiger charge is -2.34. The molecule has 1 aliphatic rings. The number of hydrogen-bond donors (Lipinski definition) is 0. The van der Waals surface area contributed by atoms with Crippen LogP contribution in [0.15, 0.2) is 60.9 Å². The molecule has 0 N–H and O–H groups in total. The molecule has 0 bridgehead atoms. The van der Waals surface area contributed by atoms with Gasteiger partial charge in [0.05, 0.1) is 0 Å². The summed E-state index contributed by atoms with van der Waals surface area (Å²) < 4.78 is 14.0. The predicted octanol–water partition coefficient (Wildman–Crippen LogP) is 3.91. The predicted molar refractivity (Wildman–Crippen MR) is 105 cm³/mol. The molecule has 2 aromatic heterocycles. The maximum atomic E-state index is 14.0. The summed E-state index contributed by atoms with van der Waals surface area (Å²) >= 11 is 1.63. The SMILES string of the molecule is O=C(c1ccncc1)N1CCN(Cc2ccc(-c3ccccc3F)s2)CC1. The van der Waals surface area contributed by atoms with E-state index in [4.69, 9.17) is 0 Å². The molecular formula is C21H20FN3OS. The second kappa shape index (κ2) is 7.98. The number of halogens is 1. The van der Waals surface area contributed by atoms with Crippen molar-refractivity contribution in [1.29, 1.82) is 0 Å². The van der Waals surface area contributed by atoms with Gasteiger partial charge in [-0.3, -0.25) is 14.7 Å². The second-order valence-corrected chi connectivity index (χ2v) is 7.72. The molecule has 0 atom stereocenters. The number of hydrogen-bond acceptors (Lipinski definition) is 4. The van der Waals surface area contributed by atoms with E-state index < -0.39 is 0 Å². The Kier molecular flexibility index (Phi) is 5.27. The summed E-state index contributed by atoms with van der Waals surface area (Å²) in [6.45, 7) is 3.93. The fraction of sp³-hybridized carbons (Fsp3) is 0.238. The molecular weight excluding hydrogens is 361 g/mol. The van der Waals surface area contributed by atoms with Crippen LogP contribution in [0.4, 0.5) is 4.39 Å². The van der Waals surface area contributed by atoms with Crippen molar-refractivity contribution in [3.05, 3.63) is 77.2 Å². The molecule has 6 heteroatoms. The van der Waals surface area contributed by atoms with Crippen molar-refractivity contribution in [2.75, 3.05) is 26.2 Å². The maximum absolute atomic E-state index is 14.0. The number of carbonyl (C=O) groups excluding carboxylic acids is 1. The number of amides is 1. The highest BCUT2D eigenvalue weighted by molar-refractivity contribution is 7.15. The molecule has 1 aliphatic heterocycles. The van der Waals surface area contributed by atoms with Crippen LogP contribution in [0.1, 0.15) is 15.2 Å². The molecule has 4 rings (SSSR count). The van der Waals surface area contributed by atoms with Gasteiger partial charge >= 0.3 is 0 Å². The Morgan fingerprint density at radius 2 is 1.74 bits per heavy atom. The number of rotatable bonds is 4. The number of aromatic nitrogens is 1. The van der Waals surface area contributed by atoms with E-state index in [9.17, 15) is 9.18 Å². The molecule has 1 saturated heterocycles. The number of thiophene rings is 1. The largest absolute Gasteiger partial charge is 0.336 e. The Morgan fingerprint density at radius 1 is 1.00 bits per heavy atom. The molecule has 138 valence electrons. The standard InChI is InChI=1S/C21H20FN3OS/c22-19-4-2-1-3-18(19)20-6-5-17(27-20)15-24-11-13-25(14-12-24)21(26)16-7-9-23-10-8-16/h1-10H,11-15H2. The zero-order chi connectivity index (χ0) is 18.6. The Morgan fingerprint density at radius 3 is 2.48 bits per heavy atom. The Balaban J connectivity index is 1.35. The number of nitrogens with zero attached hydrogens (tertiary/aromatic N) is 3. The fourth-order valence-corrected chi connectivity index (χ4v) is 4.35. The summed E-state index contributed by atoms with van der Waals surface area (Å²) in [5, 5.41) is 0. The van der Waals surface area contributed by atoms with Crippen LogP contribution in [-0.2, 0) is 6.54 Å². The van der Waals surface area contributed by atoms with E-state index in [1.807, 2.05) is 23.1 Å². The molecule has 0 saturated carbocycles. The van der Waals surface area contributed by atoms with Crippen LogP contribution in [0.5, 0.6) is 0 Å². The van der Waals surface area contributed by atoms with E-state index in [0.717, 1.165) is 24.5 Å². The summed E-state index contributed by atoms with van der Waals surface area (Å²) in [7, 11) is 0. The van der Waals surface area contributed by atoms with E-state index in [2.05, 4.69) is 16.0 Å². The summed E-state index contributed by atoms with van der Waals surface area (Å²) in [4.78, 5) is 22.9. The van der Waals surface area contributed by atoms with Gasteiger partial charge in [0.2, 0.25) is 0 Å². The number of carbonyl (C=O) groups is 1. The van der Waals surface area contributed by atoms with E-state index in [1.165, 1.54) is 10.9 Å². The monoisotopic (exact) mass is 381 g/mol. The molecule has 0 spiro atoms. The fourth-order valence-electron chi connectivity index (χ4n) is 3.28. The van der Waals surface area contributed by atoms with E-state index in [-0.39, 0.29) is 11.7 Å². The Labute approximate surface area is 161 Å². The Bertz CT molecular complexity index is 920. The van der Waals surface area contributed by atoms with Crippen molar-refractivity contribution < 1.29 is 9.18 Å². The van der Waals surface area contributed by atoms with Crippen molar-refractivity contribution in [2.24, 2.45) is 0 Å². The van der Waals surface area contributed by atoms with Crippen LogP contribution in [0, 0.1) is 5.82 Å². The lowest BCUT2D eigenvalue weighted by molar-refractivity contribution is 0.0629. The average Bonchev–Trinajstić information content (AvgIpc) is 3.17. The van der Waals surface area contributed by atoms with Gasteiger partial charge in [-0.2, -0.15) is 0 Å². The highest BCUT2D eigenvalue weighted by Crippen LogP contribution is 2.30. The zero-order valence-corrected chi connectivity index (χ0v) is 15.7. The smallest absolute Gasteiger partial charge is 0.254 e. The van der Waals surface area contributed by atoms with Crippen molar-refractivity contribution in [1.82, 2.24) is 14.8 Å². The third-order valence-corrected chi connectivity index (χ3v) is 5.87.